The highest BCUT2D eigenvalue weighted by molar-refractivity contribution is 6.00. The zero-order chi connectivity index (χ0) is 22.5. The zero-order valence-corrected chi connectivity index (χ0v) is 18.3. The first kappa shape index (κ1) is 22.0. The molecule has 0 aromatic heterocycles. The lowest BCUT2D eigenvalue weighted by molar-refractivity contribution is -0.132. The second-order valence-corrected chi connectivity index (χ2v) is 7.82. The van der Waals surface area contributed by atoms with Crippen LogP contribution < -0.4 is 10.6 Å². The van der Waals surface area contributed by atoms with Crippen molar-refractivity contribution in [2.24, 2.45) is 0 Å². The van der Waals surface area contributed by atoms with E-state index in [2.05, 4.69) is 10.6 Å². The fourth-order valence-electron chi connectivity index (χ4n) is 3.58. The lowest BCUT2D eigenvalue weighted by atomic mass is 10.1. The molecule has 0 radical (unpaired) electrons. The largest absolute Gasteiger partial charge is 0.343 e. The van der Waals surface area contributed by atoms with Gasteiger partial charge < -0.3 is 15.5 Å². The van der Waals surface area contributed by atoms with Crippen molar-refractivity contribution >= 4 is 34.2 Å². The number of benzene rings is 3. The van der Waals surface area contributed by atoms with Crippen LogP contribution in [0.25, 0.3) is 10.8 Å². The van der Waals surface area contributed by atoms with Gasteiger partial charge in [-0.25, -0.2) is 0 Å². The number of amides is 3. The lowest BCUT2D eigenvalue weighted by Gasteiger charge is -2.19. The molecule has 3 rings (SSSR count). The number of likely N-dealkylation sites (N-methyl/N-ethyl adjacent to an activating group) is 1. The molecule has 6 heteroatoms. The molecule has 160 valence electrons. The van der Waals surface area contributed by atoms with Crippen LogP contribution in [-0.2, 0) is 9.59 Å². The van der Waals surface area contributed by atoms with E-state index in [9.17, 15) is 14.4 Å². The van der Waals surface area contributed by atoms with Gasteiger partial charge in [0.1, 0.15) is 0 Å². The molecule has 0 aliphatic carbocycles. The Bertz CT molecular complexity index is 1130. The molecule has 0 heterocycles. The van der Waals surface area contributed by atoms with E-state index in [1.165, 1.54) is 4.90 Å². The molecule has 0 saturated heterocycles. The molecule has 6 nitrogen and oxygen atoms in total. The number of aryl methyl sites for hydroxylation is 3. The number of nitrogens with one attached hydrogen (secondary N) is 2. The number of hydrogen-bond acceptors (Lipinski definition) is 3. The summed E-state index contributed by atoms with van der Waals surface area (Å²) in [5, 5.41) is 7.51. The Morgan fingerprint density at radius 1 is 0.871 bits per heavy atom. The van der Waals surface area contributed by atoms with Crippen LogP contribution in [0.1, 0.15) is 27.0 Å². The van der Waals surface area contributed by atoms with Gasteiger partial charge in [0, 0.05) is 18.3 Å². The minimum absolute atomic E-state index is 0.0998. The molecule has 0 bridgehead atoms. The van der Waals surface area contributed by atoms with Crippen molar-refractivity contribution in [3.8, 4) is 0 Å². The number of rotatable bonds is 6. The summed E-state index contributed by atoms with van der Waals surface area (Å²) in [5.41, 5.74) is 4.32. The summed E-state index contributed by atoms with van der Waals surface area (Å²) in [6, 6.07) is 17.1. The van der Waals surface area contributed by atoms with Gasteiger partial charge in [-0.1, -0.05) is 48.0 Å². The molecular formula is C25H27N3O3. The van der Waals surface area contributed by atoms with Gasteiger partial charge in [-0.05, 0) is 54.8 Å². The molecule has 3 amide bonds. The van der Waals surface area contributed by atoms with Gasteiger partial charge in [0.15, 0.2) is 0 Å². The molecule has 0 atom stereocenters. The molecule has 0 saturated carbocycles. The molecule has 0 aliphatic heterocycles. The number of fused-ring (bicyclic) bond motifs is 1. The summed E-state index contributed by atoms with van der Waals surface area (Å²) >= 11 is 0. The summed E-state index contributed by atoms with van der Waals surface area (Å²) in [5.74, 6) is -0.962. The van der Waals surface area contributed by atoms with Gasteiger partial charge in [0.25, 0.3) is 5.91 Å². The van der Waals surface area contributed by atoms with Crippen molar-refractivity contribution in [1.29, 1.82) is 0 Å². The van der Waals surface area contributed by atoms with Crippen LogP contribution in [0.2, 0.25) is 0 Å². The predicted molar refractivity (Wildman–Crippen MR) is 123 cm³/mol. The Hall–Kier alpha value is -3.67. The van der Waals surface area contributed by atoms with Crippen molar-refractivity contribution < 1.29 is 14.4 Å². The quantitative estimate of drug-likeness (QED) is 0.643. The maximum atomic E-state index is 12.4. The van der Waals surface area contributed by atoms with E-state index in [0.29, 0.717) is 5.56 Å². The molecule has 0 spiro atoms. The molecule has 0 aliphatic rings. The first-order valence-corrected chi connectivity index (χ1v) is 10.1. The molecule has 0 unspecified atom stereocenters. The summed E-state index contributed by atoms with van der Waals surface area (Å²) in [4.78, 5) is 38.5. The van der Waals surface area contributed by atoms with Crippen molar-refractivity contribution in [1.82, 2.24) is 10.2 Å². The Labute approximate surface area is 182 Å². The molecule has 2 N–H and O–H groups in total. The lowest BCUT2D eigenvalue weighted by Crippen LogP contribution is -2.41. The fourth-order valence-corrected chi connectivity index (χ4v) is 3.58. The van der Waals surface area contributed by atoms with Crippen molar-refractivity contribution in [3.05, 3.63) is 76.9 Å². The molecular weight excluding hydrogens is 390 g/mol. The second-order valence-electron chi connectivity index (χ2n) is 7.82. The number of nitrogens with zero attached hydrogens (tertiary/aromatic N) is 1. The third-order valence-electron chi connectivity index (χ3n) is 5.16. The van der Waals surface area contributed by atoms with Crippen LogP contribution in [-0.4, -0.2) is 42.8 Å². The van der Waals surface area contributed by atoms with Gasteiger partial charge in [-0.3, -0.25) is 14.4 Å². The Morgan fingerprint density at radius 3 is 2.19 bits per heavy atom. The summed E-state index contributed by atoms with van der Waals surface area (Å²) in [6.45, 7) is 5.60. The number of carbonyl (C=O) groups is 3. The normalized spacial score (nSPS) is 10.6. The van der Waals surface area contributed by atoms with Gasteiger partial charge >= 0.3 is 0 Å². The van der Waals surface area contributed by atoms with E-state index in [-0.39, 0.29) is 30.8 Å². The minimum Gasteiger partial charge on any atom is -0.343 e. The van der Waals surface area contributed by atoms with Crippen LogP contribution in [0.5, 0.6) is 0 Å². The van der Waals surface area contributed by atoms with Crippen LogP contribution >= 0.6 is 0 Å². The third kappa shape index (κ3) is 5.48. The number of hydrogen-bond donors (Lipinski definition) is 2. The van der Waals surface area contributed by atoms with Gasteiger partial charge in [-0.15, -0.1) is 0 Å². The van der Waals surface area contributed by atoms with Crippen LogP contribution in [0, 0.1) is 20.8 Å². The van der Waals surface area contributed by atoms with E-state index in [1.54, 1.807) is 19.2 Å². The summed E-state index contributed by atoms with van der Waals surface area (Å²) in [6.07, 6.45) is 0. The van der Waals surface area contributed by atoms with Crippen molar-refractivity contribution in [2.45, 2.75) is 20.8 Å². The second kappa shape index (κ2) is 9.43. The number of carbonyl (C=O) groups excluding carboxylic acids is 3. The Balaban J connectivity index is 1.54. The topological polar surface area (TPSA) is 78.5 Å². The number of anilines is 1. The van der Waals surface area contributed by atoms with Crippen LogP contribution in [0.15, 0.2) is 54.6 Å². The van der Waals surface area contributed by atoms with Crippen LogP contribution in [0.3, 0.4) is 0 Å². The average molecular weight is 418 g/mol. The van der Waals surface area contributed by atoms with E-state index in [1.807, 2.05) is 63.2 Å². The minimum atomic E-state index is -0.346. The first-order chi connectivity index (χ1) is 14.7. The fraction of sp³-hybridized carbons (Fsp3) is 0.240. The molecule has 3 aromatic rings. The SMILES string of the molecule is Cc1cc(C)c(NC(=O)CN(C)C(=O)CNC(=O)c2ccc3ccccc3c2)c(C)c1. The van der Waals surface area contributed by atoms with Gasteiger partial charge in [-0.2, -0.15) is 0 Å². The zero-order valence-electron chi connectivity index (χ0n) is 18.3. The standard InChI is InChI=1S/C25H27N3O3/c1-16-11-17(2)24(18(3)12-16)27-22(29)15-28(4)23(30)14-26-25(31)21-10-9-19-7-5-6-8-20(19)13-21/h5-13H,14-15H2,1-4H3,(H,26,31)(H,27,29). The molecule has 31 heavy (non-hydrogen) atoms. The van der Waals surface area contributed by atoms with Gasteiger partial charge in [0.05, 0.1) is 13.1 Å². The van der Waals surface area contributed by atoms with Gasteiger partial charge in [0.2, 0.25) is 11.8 Å². The van der Waals surface area contributed by atoms with E-state index in [4.69, 9.17) is 0 Å². The smallest absolute Gasteiger partial charge is 0.251 e. The van der Waals surface area contributed by atoms with E-state index < -0.39 is 0 Å². The van der Waals surface area contributed by atoms with E-state index in [0.717, 1.165) is 33.2 Å². The van der Waals surface area contributed by atoms with Crippen molar-refractivity contribution in [3.63, 3.8) is 0 Å². The van der Waals surface area contributed by atoms with Crippen molar-refractivity contribution in [2.75, 3.05) is 25.5 Å². The Morgan fingerprint density at radius 2 is 1.52 bits per heavy atom. The van der Waals surface area contributed by atoms with E-state index >= 15 is 0 Å². The monoisotopic (exact) mass is 417 g/mol. The maximum absolute atomic E-state index is 12.4. The molecule has 0 fully saturated rings. The maximum Gasteiger partial charge on any atom is 0.251 e. The third-order valence-corrected chi connectivity index (χ3v) is 5.16. The highest BCUT2D eigenvalue weighted by Crippen LogP contribution is 2.21. The highest BCUT2D eigenvalue weighted by Gasteiger charge is 2.16. The molecule has 3 aromatic carbocycles. The summed E-state index contributed by atoms with van der Waals surface area (Å²) in [7, 11) is 1.54. The van der Waals surface area contributed by atoms with Crippen LogP contribution in [0.4, 0.5) is 5.69 Å². The highest BCUT2D eigenvalue weighted by atomic mass is 16.2. The predicted octanol–water partition coefficient (Wildman–Crippen LogP) is 3.59. The Kier molecular flexibility index (Phi) is 6.70. The first-order valence-electron chi connectivity index (χ1n) is 10.1. The summed E-state index contributed by atoms with van der Waals surface area (Å²) < 4.78 is 0. The average Bonchev–Trinajstić information content (AvgIpc) is 2.73.